The molecule has 0 atom stereocenters. The molecule has 0 aromatic heterocycles. The lowest BCUT2D eigenvalue weighted by Gasteiger charge is -2.42. The Hall–Kier alpha value is -0.820. The van der Waals surface area contributed by atoms with Gasteiger partial charge in [0.05, 0.1) is 0 Å². The SMILES string of the molecule is NC1(c2ccccc2C2CCC2)CCC1. The van der Waals surface area contributed by atoms with Crippen LogP contribution in [0.2, 0.25) is 0 Å². The Balaban J connectivity index is 1.98. The van der Waals surface area contributed by atoms with Crippen molar-refractivity contribution < 1.29 is 0 Å². The molecule has 2 aliphatic carbocycles. The lowest BCUT2D eigenvalue weighted by molar-refractivity contribution is 0.248. The lowest BCUT2D eigenvalue weighted by Crippen LogP contribution is -2.44. The maximum atomic E-state index is 6.44. The van der Waals surface area contributed by atoms with Gasteiger partial charge in [0.15, 0.2) is 0 Å². The van der Waals surface area contributed by atoms with Crippen LogP contribution in [0, 0.1) is 0 Å². The highest BCUT2D eigenvalue weighted by atomic mass is 14.8. The van der Waals surface area contributed by atoms with Gasteiger partial charge in [-0.3, -0.25) is 0 Å². The third-order valence-electron chi connectivity index (χ3n) is 4.29. The molecule has 0 aliphatic heterocycles. The number of benzene rings is 1. The van der Waals surface area contributed by atoms with Gasteiger partial charge >= 0.3 is 0 Å². The van der Waals surface area contributed by atoms with Crippen LogP contribution in [0.1, 0.15) is 55.6 Å². The Morgan fingerprint density at radius 1 is 1.07 bits per heavy atom. The molecule has 1 aromatic carbocycles. The van der Waals surface area contributed by atoms with E-state index in [-0.39, 0.29) is 5.54 Å². The monoisotopic (exact) mass is 201 g/mol. The first kappa shape index (κ1) is 9.41. The predicted molar refractivity (Wildman–Crippen MR) is 62.8 cm³/mol. The molecule has 2 aliphatic rings. The standard InChI is InChI=1S/C14H19N/c15-14(9-4-10-14)13-8-2-1-7-12(13)11-5-3-6-11/h1-2,7-8,11H,3-6,9-10,15H2. The second-order valence-corrected chi connectivity index (χ2v) is 5.22. The van der Waals surface area contributed by atoms with Crippen molar-refractivity contribution in [2.24, 2.45) is 5.73 Å². The summed E-state index contributed by atoms with van der Waals surface area (Å²) in [6.45, 7) is 0. The molecule has 80 valence electrons. The molecule has 1 nitrogen and oxygen atoms in total. The minimum absolute atomic E-state index is 0.0200. The quantitative estimate of drug-likeness (QED) is 0.780. The largest absolute Gasteiger partial charge is 0.321 e. The van der Waals surface area contributed by atoms with E-state index < -0.39 is 0 Å². The molecule has 15 heavy (non-hydrogen) atoms. The van der Waals surface area contributed by atoms with Crippen LogP contribution in [0.15, 0.2) is 24.3 Å². The van der Waals surface area contributed by atoms with Crippen LogP contribution in [0.25, 0.3) is 0 Å². The maximum absolute atomic E-state index is 6.44. The summed E-state index contributed by atoms with van der Waals surface area (Å²) in [5, 5.41) is 0. The van der Waals surface area contributed by atoms with Crippen molar-refractivity contribution in [3.05, 3.63) is 35.4 Å². The van der Waals surface area contributed by atoms with Crippen molar-refractivity contribution in [3.63, 3.8) is 0 Å². The summed E-state index contributed by atoms with van der Waals surface area (Å²) < 4.78 is 0. The van der Waals surface area contributed by atoms with Crippen LogP contribution >= 0.6 is 0 Å². The Kier molecular flexibility index (Phi) is 2.10. The van der Waals surface area contributed by atoms with Crippen molar-refractivity contribution >= 4 is 0 Å². The summed E-state index contributed by atoms with van der Waals surface area (Å²) in [6.07, 6.45) is 7.79. The molecule has 2 N–H and O–H groups in total. The van der Waals surface area contributed by atoms with Gasteiger partial charge in [0, 0.05) is 5.54 Å². The maximum Gasteiger partial charge on any atom is 0.0412 e. The van der Waals surface area contributed by atoms with Crippen LogP contribution in [-0.4, -0.2) is 0 Å². The van der Waals surface area contributed by atoms with Gasteiger partial charge in [0.2, 0.25) is 0 Å². The molecular weight excluding hydrogens is 182 g/mol. The fourth-order valence-electron chi connectivity index (χ4n) is 2.85. The van der Waals surface area contributed by atoms with Gasteiger partial charge in [-0.15, -0.1) is 0 Å². The first-order valence-corrected chi connectivity index (χ1v) is 6.18. The molecular formula is C14H19N. The van der Waals surface area contributed by atoms with Crippen LogP contribution in [0.3, 0.4) is 0 Å². The van der Waals surface area contributed by atoms with Crippen LogP contribution in [0.5, 0.6) is 0 Å². The van der Waals surface area contributed by atoms with Gasteiger partial charge < -0.3 is 5.73 Å². The number of nitrogens with two attached hydrogens (primary N) is 1. The average molecular weight is 201 g/mol. The molecule has 0 unspecified atom stereocenters. The van der Waals surface area contributed by atoms with Crippen LogP contribution < -0.4 is 5.73 Å². The molecule has 0 bridgehead atoms. The highest BCUT2D eigenvalue weighted by Crippen LogP contribution is 2.45. The fourth-order valence-corrected chi connectivity index (χ4v) is 2.85. The van der Waals surface area contributed by atoms with Crippen LogP contribution in [0.4, 0.5) is 0 Å². The third-order valence-corrected chi connectivity index (χ3v) is 4.29. The van der Waals surface area contributed by atoms with Gasteiger partial charge in [-0.2, -0.15) is 0 Å². The molecule has 2 fully saturated rings. The van der Waals surface area contributed by atoms with Crippen molar-refractivity contribution in [2.75, 3.05) is 0 Å². The van der Waals surface area contributed by atoms with Crippen molar-refractivity contribution in [1.82, 2.24) is 0 Å². The van der Waals surface area contributed by atoms with Crippen molar-refractivity contribution in [3.8, 4) is 0 Å². The molecule has 2 saturated carbocycles. The zero-order valence-electron chi connectivity index (χ0n) is 9.21. The summed E-state index contributed by atoms with van der Waals surface area (Å²) in [5.74, 6) is 0.808. The highest BCUT2D eigenvalue weighted by Gasteiger charge is 2.37. The van der Waals surface area contributed by atoms with Gasteiger partial charge in [-0.05, 0) is 49.1 Å². The van der Waals surface area contributed by atoms with Crippen molar-refractivity contribution in [1.29, 1.82) is 0 Å². The van der Waals surface area contributed by atoms with E-state index in [1.807, 2.05) is 0 Å². The summed E-state index contributed by atoms with van der Waals surface area (Å²) in [4.78, 5) is 0. The van der Waals surface area contributed by atoms with E-state index in [1.165, 1.54) is 44.1 Å². The zero-order chi connectivity index (χ0) is 10.3. The van der Waals surface area contributed by atoms with E-state index in [9.17, 15) is 0 Å². The molecule has 0 amide bonds. The summed E-state index contributed by atoms with van der Waals surface area (Å²) in [5.41, 5.74) is 9.45. The highest BCUT2D eigenvalue weighted by molar-refractivity contribution is 5.38. The topological polar surface area (TPSA) is 26.0 Å². The van der Waals surface area contributed by atoms with Gasteiger partial charge in [-0.25, -0.2) is 0 Å². The van der Waals surface area contributed by atoms with E-state index in [0.29, 0.717) is 0 Å². The van der Waals surface area contributed by atoms with E-state index in [1.54, 1.807) is 5.56 Å². The first-order valence-electron chi connectivity index (χ1n) is 6.18. The Labute approximate surface area is 91.7 Å². The van der Waals surface area contributed by atoms with E-state index in [0.717, 1.165) is 5.92 Å². The molecule has 0 spiro atoms. The third kappa shape index (κ3) is 1.41. The molecule has 0 saturated heterocycles. The molecule has 1 aromatic rings. The van der Waals surface area contributed by atoms with E-state index in [2.05, 4.69) is 24.3 Å². The first-order chi connectivity index (χ1) is 7.30. The second-order valence-electron chi connectivity index (χ2n) is 5.22. The predicted octanol–water partition coefficient (Wildman–Crippen LogP) is 3.29. The second kappa shape index (κ2) is 3.34. The number of hydrogen-bond donors (Lipinski definition) is 1. The minimum atomic E-state index is 0.0200. The lowest BCUT2D eigenvalue weighted by atomic mass is 9.67. The summed E-state index contributed by atoms with van der Waals surface area (Å²) in [7, 11) is 0. The number of hydrogen-bond acceptors (Lipinski definition) is 1. The number of rotatable bonds is 2. The van der Waals surface area contributed by atoms with Gasteiger partial charge in [0.25, 0.3) is 0 Å². The molecule has 3 rings (SSSR count). The average Bonchev–Trinajstić information content (AvgIpc) is 2.13. The van der Waals surface area contributed by atoms with Crippen molar-refractivity contribution in [2.45, 2.75) is 50.0 Å². The Morgan fingerprint density at radius 3 is 2.33 bits per heavy atom. The normalized spacial score (nSPS) is 24.3. The Morgan fingerprint density at radius 2 is 1.80 bits per heavy atom. The van der Waals surface area contributed by atoms with E-state index in [4.69, 9.17) is 5.73 Å². The fraction of sp³-hybridized carbons (Fsp3) is 0.571. The smallest absolute Gasteiger partial charge is 0.0412 e. The van der Waals surface area contributed by atoms with E-state index >= 15 is 0 Å². The minimum Gasteiger partial charge on any atom is -0.321 e. The molecule has 1 heteroatoms. The van der Waals surface area contributed by atoms with Gasteiger partial charge in [0.1, 0.15) is 0 Å². The summed E-state index contributed by atoms with van der Waals surface area (Å²) in [6, 6.07) is 8.86. The van der Waals surface area contributed by atoms with Crippen LogP contribution in [-0.2, 0) is 5.54 Å². The summed E-state index contributed by atoms with van der Waals surface area (Å²) >= 11 is 0. The zero-order valence-corrected chi connectivity index (χ0v) is 9.21. The Bertz CT molecular complexity index is 361. The molecule has 0 heterocycles. The van der Waals surface area contributed by atoms with Gasteiger partial charge in [-0.1, -0.05) is 30.7 Å². The molecule has 0 radical (unpaired) electrons.